The van der Waals surface area contributed by atoms with Gasteiger partial charge in [0.15, 0.2) is 7.85 Å². The van der Waals surface area contributed by atoms with Gasteiger partial charge in [-0.15, -0.1) is 0 Å². The molecule has 0 amide bonds. The molecule has 4 heteroatoms. The molecule has 1 aromatic rings. The van der Waals surface area contributed by atoms with Crippen LogP contribution in [0, 0.1) is 3.57 Å². The Morgan fingerprint density at radius 3 is 2.80 bits per heavy atom. The van der Waals surface area contributed by atoms with E-state index >= 15 is 0 Å². The van der Waals surface area contributed by atoms with Gasteiger partial charge in [0.1, 0.15) is 0 Å². The predicted octanol–water partition coefficient (Wildman–Crippen LogP) is -0.563. The van der Waals surface area contributed by atoms with Gasteiger partial charge in [-0.2, -0.15) is 0 Å². The van der Waals surface area contributed by atoms with Gasteiger partial charge in [0.25, 0.3) is 0 Å². The second kappa shape index (κ2) is 3.34. The summed E-state index contributed by atoms with van der Waals surface area (Å²) in [6, 6.07) is 1.89. The molecule has 1 heterocycles. The van der Waals surface area contributed by atoms with Gasteiger partial charge >= 0.3 is 0 Å². The number of nitrogens with zero attached hydrogens (tertiary/aromatic N) is 1. The Morgan fingerprint density at radius 2 is 2.40 bits per heavy atom. The molecule has 52 valence electrons. The van der Waals surface area contributed by atoms with E-state index in [2.05, 4.69) is 27.6 Å². The van der Waals surface area contributed by atoms with Crippen LogP contribution in [0.2, 0.25) is 0 Å². The largest absolute Gasteiger partial charge is 0.392 e. The van der Waals surface area contributed by atoms with Gasteiger partial charge in [0.2, 0.25) is 0 Å². The standard InChI is InChI=1S/C6H7BINO/c7-6-4(3-10)5(8)1-2-9-6/h1-2,10H,3,7H2. The van der Waals surface area contributed by atoms with Crippen LogP contribution in [0.5, 0.6) is 0 Å². The number of pyridine rings is 1. The van der Waals surface area contributed by atoms with Crippen LogP contribution in [-0.2, 0) is 6.61 Å². The molecular formula is C6H7BINO. The molecule has 2 nitrogen and oxygen atoms in total. The number of aromatic nitrogens is 1. The van der Waals surface area contributed by atoms with Gasteiger partial charge in [-0.05, 0) is 28.7 Å². The average molecular weight is 247 g/mol. The lowest BCUT2D eigenvalue weighted by atomic mass is 9.98. The van der Waals surface area contributed by atoms with E-state index in [-0.39, 0.29) is 6.61 Å². The molecule has 0 radical (unpaired) electrons. The van der Waals surface area contributed by atoms with Gasteiger partial charge in [-0.1, -0.05) is 0 Å². The summed E-state index contributed by atoms with van der Waals surface area (Å²) in [4.78, 5) is 4.05. The first-order chi connectivity index (χ1) is 4.75. The molecule has 0 aromatic carbocycles. The highest BCUT2D eigenvalue weighted by Gasteiger charge is 2.00. The Hall–Kier alpha value is -0.0951. The van der Waals surface area contributed by atoms with Crippen molar-refractivity contribution in [1.82, 2.24) is 4.98 Å². The summed E-state index contributed by atoms with van der Waals surface area (Å²) in [6.45, 7) is 0.0813. The van der Waals surface area contributed by atoms with Crippen molar-refractivity contribution in [3.8, 4) is 0 Å². The SMILES string of the molecule is Bc1nccc(I)c1CO. The van der Waals surface area contributed by atoms with Crippen LogP contribution in [0.1, 0.15) is 5.56 Å². The Bertz CT molecular complexity index is 221. The molecule has 10 heavy (non-hydrogen) atoms. The highest BCUT2D eigenvalue weighted by molar-refractivity contribution is 14.1. The lowest BCUT2D eigenvalue weighted by molar-refractivity contribution is 0.281. The molecule has 0 unspecified atom stereocenters. The number of aliphatic hydroxyl groups is 1. The molecule has 0 saturated heterocycles. The Labute approximate surface area is 74.2 Å². The average Bonchev–Trinajstić information content (AvgIpc) is 1.88. The normalized spacial score (nSPS) is 9.80. The van der Waals surface area contributed by atoms with Crippen LogP contribution in [-0.4, -0.2) is 17.9 Å². The summed E-state index contributed by atoms with van der Waals surface area (Å²) in [7, 11) is 1.90. The summed E-state index contributed by atoms with van der Waals surface area (Å²) in [5, 5.41) is 8.85. The Morgan fingerprint density at radius 1 is 1.70 bits per heavy atom. The van der Waals surface area contributed by atoms with Gasteiger partial charge in [0.05, 0.1) is 6.61 Å². The fourth-order valence-electron chi connectivity index (χ4n) is 0.756. The molecule has 0 bridgehead atoms. The third-order valence-electron chi connectivity index (χ3n) is 1.37. The topological polar surface area (TPSA) is 33.1 Å². The quantitative estimate of drug-likeness (QED) is 0.532. The molecule has 1 rings (SSSR count). The van der Waals surface area contributed by atoms with Crippen LogP contribution in [0.4, 0.5) is 0 Å². The lowest BCUT2D eigenvalue weighted by Crippen LogP contribution is -2.15. The fourth-order valence-corrected chi connectivity index (χ4v) is 1.48. The summed E-state index contributed by atoms with van der Waals surface area (Å²) < 4.78 is 1.08. The molecule has 1 N–H and O–H groups in total. The minimum Gasteiger partial charge on any atom is -0.392 e. The first-order valence-corrected chi connectivity index (χ1v) is 4.04. The van der Waals surface area contributed by atoms with E-state index in [0.717, 1.165) is 14.7 Å². The van der Waals surface area contributed by atoms with E-state index in [0.29, 0.717) is 0 Å². The molecule has 0 aliphatic rings. The van der Waals surface area contributed by atoms with Crippen molar-refractivity contribution in [3.63, 3.8) is 0 Å². The van der Waals surface area contributed by atoms with Gasteiger partial charge in [-0.25, -0.2) is 0 Å². The van der Waals surface area contributed by atoms with Crippen LogP contribution in [0.3, 0.4) is 0 Å². The van der Waals surface area contributed by atoms with Crippen molar-refractivity contribution in [2.24, 2.45) is 0 Å². The van der Waals surface area contributed by atoms with Gasteiger partial charge < -0.3 is 5.11 Å². The van der Waals surface area contributed by atoms with E-state index in [4.69, 9.17) is 5.11 Å². The second-order valence-corrected chi connectivity index (χ2v) is 3.18. The summed E-state index contributed by atoms with van der Waals surface area (Å²) >= 11 is 2.19. The van der Waals surface area contributed by atoms with Crippen LogP contribution in [0.15, 0.2) is 12.3 Å². The van der Waals surface area contributed by atoms with E-state index in [1.807, 2.05) is 13.9 Å². The summed E-state index contributed by atoms with van der Waals surface area (Å²) in [5.41, 5.74) is 1.84. The molecule has 0 fully saturated rings. The maximum atomic E-state index is 8.85. The van der Waals surface area contributed by atoms with Crippen molar-refractivity contribution in [1.29, 1.82) is 0 Å². The zero-order valence-corrected chi connectivity index (χ0v) is 7.79. The summed E-state index contributed by atoms with van der Waals surface area (Å²) in [5.74, 6) is 0. The summed E-state index contributed by atoms with van der Waals surface area (Å²) in [6.07, 6.45) is 1.75. The van der Waals surface area contributed by atoms with Crippen LogP contribution >= 0.6 is 22.6 Å². The van der Waals surface area contributed by atoms with E-state index in [9.17, 15) is 0 Å². The first kappa shape index (κ1) is 8.01. The van der Waals surface area contributed by atoms with E-state index in [1.165, 1.54) is 0 Å². The molecule has 0 aliphatic carbocycles. The highest BCUT2D eigenvalue weighted by Crippen LogP contribution is 2.06. The first-order valence-electron chi connectivity index (χ1n) is 2.96. The minimum absolute atomic E-state index is 0.0813. The second-order valence-electron chi connectivity index (χ2n) is 2.01. The van der Waals surface area contributed by atoms with E-state index in [1.54, 1.807) is 6.20 Å². The zero-order chi connectivity index (χ0) is 7.56. The van der Waals surface area contributed by atoms with Gasteiger partial charge in [0, 0.05) is 20.9 Å². The molecule has 1 aromatic heterocycles. The molecular weight excluding hydrogens is 240 g/mol. The number of aliphatic hydroxyl groups excluding tert-OH is 1. The zero-order valence-electron chi connectivity index (χ0n) is 5.63. The van der Waals surface area contributed by atoms with Crippen molar-refractivity contribution in [2.45, 2.75) is 6.61 Å². The molecule has 0 aliphatic heterocycles. The number of hydrogen-bond acceptors (Lipinski definition) is 2. The maximum absolute atomic E-state index is 8.85. The smallest absolute Gasteiger partial charge is 0.164 e. The van der Waals surface area contributed by atoms with Crippen molar-refractivity contribution in [3.05, 3.63) is 21.4 Å². The molecule has 0 spiro atoms. The minimum atomic E-state index is 0.0813. The van der Waals surface area contributed by atoms with Crippen molar-refractivity contribution < 1.29 is 5.11 Å². The van der Waals surface area contributed by atoms with Crippen molar-refractivity contribution >= 4 is 36.0 Å². The lowest BCUT2D eigenvalue weighted by Gasteiger charge is -2.02. The number of rotatable bonds is 1. The predicted molar refractivity (Wildman–Crippen MR) is 51.1 cm³/mol. The Balaban J connectivity index is 3.17. The number of halogens is 1. The fraction of sp³-hybridized carbons (Fsp3) is 0.167. The monoisotopic (exact) mass is 247 g/mol. The van der Waals surface area contributed by atoms with E-state index < -0.39 is 0 Å². The number of hydrogen-bond donors (Lipinski definition) is 1. The van der Waals surface area contributed by atoms with Crippen LogP contribution in [0.25, 0.3) is 0 Å². The third kappa shape index (κ3) is 1.49. The Kier molecular flexibility index (Phi) is 2.68. The van der Waals surface area contributed by atoms with Gasteiger partial charge in [-0.3, -0.25) is 4.98 Å². The van der Waals surface area contributed by atoms with Crippen LogP contribution < -0.4 is 5.59 Å². The van der Waals surface area contributed by atoms with Crippen molar-refractivity contribution in [2.75, 3.05) is 0 Å². The molecule has 0 atom stereocenters. The maximum Gasteiger partial charge on any atom is 0.164 e. The highest BCUT2D eigenvalue weighted by atomic mass is 127. The third-order valence-corrected chi connectivity index (χ3v) is 2.38. The molecule has 0 saturated carbocycles.